The topological polar surface area (TPSA) is 21.3 Å². The third-order valence-corrected chi connectivity index (χ3v) is 3.87. The van der Waals surface area contributed by atoms with E-state index in [1.807, 2.05) is 6.92 Å². The molecule has 0 saturated carbocycles. The Morgan fingerprint density at radius 2 is 1.50 bits per heavy atom. The molecule has 0 amide bonds. The second kappa shape index (κ2) is 8.43. The number of hydrogen-bond acceptors (Lipinski definition) is 2. The lowest BCUT2D eigenvalue weighted by Crippen LogP contribution is -2.39. The summed E-state index contributed by atoms with van der Waals surface area (Å²) < 4.78 is 5.58. The molecule has 2 nitrogen and oxygen atoms in total. The fraction of sp³-hybridized carbons (Fsp3) is 0.667. The number of hydrogen-bond donors (Lipinski definition) is 1. The molecule has 0 saturated heterocycles. The van der Waals surface area contributed by atoms with E-state index in [1.165, 1.54) is 11.1 Å². The zero-order chi connectivity index (χ0) is 15.1. The van der Waals surface area contributed by atoms with Crippen molar-refractivity contribution in [2.45, 2.75) is 59.5 Å². The van der Waals surface area contributed by atoms with E-state index >= 15 is 0 Å². The maximum Gasteiger partial charge on any atom is 0.0622 e. The highest BCUT2D eigenvalue weighted by Crippen LogP contribution is 2.19. The second-order valence-electron chi connectivity index (χ2n) is 6.22. The summed E-state index contributed by atoms with van der Waals surface area (Å²) in [4.78, 5) is 0. The van der Waals surface area contributed by atoms with E-state index in [0.29, 0.717) is 23.9 Å². The predicted octanol–water partition coefficient (Wildman–Crippen LogP) is 4.52. The lowest BCUT2D eigenvalue weighted by atomic mass is 9.98. The van der Waals surface area contributed by atoms with Crippen LogP contribution in [0.25, 0.3) is 0 Å². The Morgan fingerprint density at radius 1 is 0.950 bits per heavy atom. The lowest BCUT2D eigenvalue weighted by Gasteiger charge is -2.26. The molecule has 0 aromatic heterocycles. The first-order valence-corrected chi connectivity index (χ1v) is 7.89. The molecule has 0 aliphatic heterocycles. The van der Waals surface area contributed by atoms with Crippen molar-refractivity contribution in [3.05, 3.63) is 35.4 Å². The van der Waals surface area contributed by atoms with Gasteiger partial charge in [0.15, 0.2) is 0 Å². The smallest absolute Gasteiger partial charge is 0.0622 e. The molecule has 1 aromatic carbocycles. The fourth-order valence-electron chi connectivity index (χ4n) is 2.26. The molecule has 0 spiro atoms. The molecule has 2 heteroatoms. The van der Waals surface area contributed by atoms with E-state index in [0.717, 1.165) is 13.2 Å². The summed E-state index contributed by atoms with van der Waals surface area (Å²) in [5, 5.41) is 3.69. The quantitative estimate of drug-likeness (QED) is 0.754. The van der Waals surface area contributed by atoms with Crippen LogP contribution in [0, 0.1) is 5.92 Å². The molecular weight excluding hydrogens is 246 g/mol. The first kappa shape index (κ1) is 17.2. The van der Waals surface area contributed by atoms with Gasteiger partial charge < -0.3 is 10.1 Å². The summed E-state index contributed by atoms with van der Waals surface area (Å²) >= 11 is 0. The molecule has 1 rings (SSSR count). The zero-order valence-electron chi connectivity index (χ0n) is 13.9. The highest BCUT2D eigenvalue weighted by atomic mass is 16.5. The molecule has 0 aliphatic carbocycles. The minimum Gasteiger partial charge on any atom is -0.380 e. The first-order chi connectivity index (χ1) is 9.45. The monoisotopic (exact) mass is 277 g/mol. The molecule has 114 valence electrons. The van der Waals surface area contributed by atoms with E-state index in [1.54, 1.807) is 0 Å². The molecule has 0 aliphatic rings. The van der Waals surface area contributed by atoms with E-state index in [-0.39, 0.29) is 0 Å². The first-order valence-electron chi connectivity index (χ1n) is 7.89. The van der Waals surface area contributed by atoms with Gasteiger partial charge in [0.2, 0.25) is 0 Å². The Bertz CT molecular complexity index is 370. The summed E-state index contributed by atoms with van der Waals surface area (Å²) in [5.74, 6) is 1.16. The van der Waals surface area contributed by atoms with Gasteiger partial charge in [-0.3, -0.25) is 0 Å². The van der Waals surface area contributed by atoms with E-state index in [4.69, 9.17) is 4.74 Å². The molecule has 1 aromatic rings. The summed E-state index contributed by atoms with van der Waals surface area (Å²) in [6.45, 7) is 14.8. The second-order valence-corrected chi connectivity index (χ2v) is 6.22. The Kier molecular flexibility index (Phi) is 7.25. The highest BCUT2D eigenvalue weighted by molar-refractivity contribution is 5.26. The maximum absolute atomic E-state index is 5.58. The van der Waals surface area contributed by atoms with Crippen LogP contribution in [0.4, 0.5) is 0 Å². The fourth-order valence-corrected chi connectivity index (χ4v) is 2.26. The predicted molar refractivity (Wildman–Crippen MR) is 87.2 cm³/mol. The largest absolute Gasteiger partial charge is 0.380 e. The number of nitrogens with one attached hydrogen (secondary N) is 1. The Morgan fingerprint density at radius 3 is 1.95 bits per heavy atom. The van der Waals surface area contributed by atoms with Crippen LogP contribution >= 0.6 is 0 Å². The number of benzene rings is 1. The SMILES string of the molecule is CCOCC(NC(C)c1ccc(C(C)C)cc1)C(C)C. The van der Waals surface area contributed by atoms with Gasteiger partial charge in [0.1, 0.15) is 0 Å². The van der Waals surface area contributed by atoms with Crippen LogP contribution in [-0.4, -0.2) is 19.3 Å². The van der Waals surface area contributed by atoms with Crippen LogP contribution in [0.2, 0.25) is 0 Å². The summed E-state index contributed by atoms with van der Waals surface area (Å²) in [6, 6.07) is 9.71. The van der Waals surface area contributed by atoms with Gasteiger partial charge in [0.05, 0.1) is 6.61 Å². The summed E-state index contributed by atoms with van der Waals surface area (Å²) in [5.41, 5.74) is 2.74. The van der Waals surface area contributed by atoms with Crippen molar-refractivity contribution in [2.75, 3.05) is 13.2 Å². The van der Waals surface area contributed by atoms with Gasteiger partial charge in [-0.15, -0.1) is 0 Å². The normalized spacial score (nSPS) is 14.8. The molecule has 1 N–H and O–H groups in total. The summed E-state index contributed by atoms with van der Waals surface area (Å²) in [7, 11) is 0. The third kappa shape index (κ3) is 5.26. The average molecular weight is 277 g/mol. The minimum absolute atomic E-state index is 0.351. The van der Waals surface area contributed by atoms with Crippen LogP contribution in [0.5, 0.6) is 0 Å². The molecular formula is C18H31NO. The maximum atomic E-state index is 5.58. The number of rotatable bonds is 8. The molecule has 0 bridgehead atoms. The van der Waals surface area contributed by atoms with Crippen LogP contribution in [-0.2, 0) is 4.74 Å². The highest BCUT2D eigenvalue weighted by Gasteiger charge is 2.17. The van der Waals surface area contributed by atoms with Crippen molar-refractivity contribution >= 4 is 0 Å². The molecule has 0 fully saturated rings. The standard InChI is InChI=1S/C18H31NO/c1-7-20-12-18(14(4)5)19-15(6)17-10-8-16(9-11-17)13(2)3/h8-11,13-15,18-19H,7,12H2,1-6H3. The Labute approximate surface area is 124 Å². The van der Waals surface area contributed by atoms with Crippen molar-refractivity contribution in [3.8, 4) is 0 Å². The zero-order valence-corrected chi connectivity index (χ0v) is 13.9. The average Bonchev–Trinajstić information content (AvgIpc) is 2.42. The third-order valence-electron chi connectivity index (χ3n) is 3.87. The van der Waals surface area contributed by atoms with Crippen molar-refractivity contribution in [1.29, 1.82) is 0 Å². The van der Waals surface area contributed by atoms with Gasteiger partial charge >= 0.3 is 0 Å². The Balaban J connectivity index is 2.65. The van der Waals surface area contributed by atoms with Crippen molar-refractivity contribution in [2.24, 2.45) is 5.92 Å². The van der Waals surface area contributed by atoms with E-state index in [2.05, 4.69) is 64.2 Å². The lowest BCUT2D eigenvalue weighted by molar-refractivity contribution is 0.104. The van der Waals surface area contributed by atoms with Crippen LogP contribution < -0.4 is 5.32 Å². The van der Waals surface area contributed by atoms with Crippen LogP contribution in [0.3, 0.4) is 0 Å². The van der Waals surface area contributed by atoms with Crippen molar-refractivity contribution < 1.29 is 4.74 Å². The van der Waals surface area contributed by atoms with E-state index in [9.17, 15) is 0 Å². The van der Waals surface area contributed by atoms with E-state index < -0.39 is 0 Å². The van der Waals surface area contributed by atoms with Gasteiger partial charge in [-0.2, -0.15) is 0 Å². The van der Waals surface area contributed by atoms with Crippen LogP contribution in [0.1, 0.15) is 64.6 Å². The number of ether oxygens (including phenoxy) is 1. The molecule has 2 unspecified atom stereocenters. The van der Waals surface area contributed by atoms with Gasteiger partial charge in [-0.1, -0.05) is 52.0 Å². The van der Waals surface area contributed by atoms with Gasteiger partial charge in [0.25, 0.3) is 0 Å². The summed E-state index contributed by atoms with van der Waals surface area (Å²) in [6.07, 6.45) is 0. The van der Waals surface area contributed by atoms with Gasteiger partial charge in [-0.05, 0) is 36.8 Å². The van der Waals surface area contributed by atoms with Gasteiger partial charge in [0, 0.05) is 18.7 Å². The minimum atomic E-state index is 0.351. The molecule has 0 heterocycles. The van der Waals surface area contributed by atoms with Crippen LogP contribution in [0.15, 0.2) is 24.3 Å². The Hall–Kier alpha value is -0.860. The molecule has 20 heavy (non-hydrogen) atoms. The van der Waals surface area contributed by atoms with Gasteiger partial charge in [-0.25, -0.2) is 0 Å². The molecule has 2 atom stereocenters. The van der Waals surface area contributed by atoms with Crippen molar-refractivity contribution in [3.63, 3.8) is 0 Å². The van der Waals surface area contributed by atoms with Crippen molar-refractivity contribution in [1.82, 2.24) is 5.32 Å². The molecule has 0 radical (unpaired) electrons.